The van der Waals surface area contributed by atoms with Gasteiger partial charge in [0.1, 0.15) is 5.75 Å². The highest BCUT2D eigenvalue weighted by atomic mass is 19.3. The van der Waals surface area contributed by atoms with Crippen molar-refractivity contribution in [2.45, 2.75) is 32.9 Å². The minimum atomic E-state index is -2.82. The molecule has 0 bridgehead atoms. The maximum atomic E-state index is 12.0. The summed E-state index contributed by atoms with van der Waals surface area (Å²) in [7, 11) is 0. The number of alkyl halides is 2. The minimum Gasteiger partial charge on any atom is -0.435 e. The molecule has 0 heterocycles. The van der Waals surface area contributed by atoms with Gasteiger partial charge in [-0.1, -0.05) is 19.1 Å². The highest BCUT2D eigenvalue weighted by Gasteiger charge is 2.39. The van der Waals surface area contributed by atoms with Crippen LogP contribution in [0.4, 0.5) is 8.78 Å². The monoisotopic (exact) mass is 269 g/mol. The summed E-state index contributed by atoms with van der Waals surface area (Å²) in [5.74, 6) is 0.777. The smallest absolute Gasteiger partial charge is 0.387 e. The van der Waals surface area contributed by atoms with Crippen LogP contribution in [0.5, 0.6) is 5.75 Å². The number of hydrogen-bond donors (Lipinski definition) is 1. The van der Waals surface area contributed by atoms with Crippen molar-refractivity contribution in [2.75, 3.05) is 0 Å². The number of hydrogen-bond acceptors (Lipinski definition) is 2. The topological polar surface area (TPSA) is 38.3 Å². The van der Waals surface area contributed by atoms with Crippen molar-refractivity contribution in [3.8, 4) is 5.75 Å². The lowest BCUT2D eigenvalue weighted by Gasteiger charge is -2.15. The van der Waals surface area contributed by atoms with Gasteiger partial charge in [0.05, 0.1) is 6.04 Å². The first-order valence-electron chi connectivity index (χ1n) is 6.32. The molecule has 19 heavy (non-hydrogen) atoms. The molecular formula is C14H17F2NO2. The van der Waals surface area contributed by atoms with Crippen LogP contribution in [0.2, 0.25) is 0 Å². The van der Waals surface area contributed by atoms with Crippen molar-refractivity contribution in [1.29, 1.82) is 0 Å². The summed E-state index contributed by atoms with van der Waals surface area (Å²) >= 11 is 0. The average Bonchev–Trinajstić information content (AvgIpc) is 3.06. The minimum absolute atomic E-state index is 0.0629. The standard InChI is InChI=1S/C14H17F2NO2/c1-8-7-12(8)13(18)17-9(2)10-3-5-11(6-4-10)19-14(15)16/h3-6,8-9,12,14H,7H2,1-2H3,(H,17,18). The lowest BCUT2D eigenvalue weighted by Crippen LogP contribution is -2.28. The third-order valence-corrected chi connectivity index (χ3v) is 3.41. The fourth-order valence-electron chi connectivity index (χ4n) is 2.03. The Bertz CT molecular complexity index is 447. The zero-order valence-electron chi connectivity index (χ0n) is 10.9. The van der Waals surface area contributed by atoms with Crippen molar-refractivity contribution >= 4 is 5.91 Å². The van der Waals surface area contributed by atoms with Crippen LogP contribution in [0, 0.1) is 11.8 Å². The first-order chi connectivity index (χ1) is 8.97. The van der Waals surface area contributed by atoms with Gasteiger partial charge in [-0.3, -0.25) is 4.79 Å². The summed E-state index contributed by atoms with van der Waals surface area (Å²) in [6, 6.07) is 6.17. The molecule has 3 unspecified atom stereocenters. The number of halogens is 2. The number of rotatable bonds is 5. The third kappa shape index (κ3) is 3.66. The van der Waals surface area contributed by atoms with Crippen molar-refractivity contribution < 1.29 is 18.3 Å². The van der Waals surface area contributed by atoms with E-state index in [0.717, 1.165) is 12.0 Å². The first kappa shape index (κ1) is 13.8. The van der Waals surface area contributed by atoms with E-state index in [1.165, 1.54) is 12.1 Å². The number of carbonyl (C=O) groups is 1. The second-order valence-corrected chi connectivity index (χ2v) is 5.00. The fourth-order valence-corrected chi connectivity index (χ4v) is 2.03. The molecule has 1 N–H and O–H groups in total. The Morgan fingerprint density at radius 3 is 2.42 bits per heavy atom. The van der Waals surface area contributed by atoms with Crippen LogP contribution in [0.15, 0.2) is 24.3 Å². The molecule has 104 valence electrons. The zero-order valence-corrected chi connectivity index (χ0v) is 10.9. The SMILES string of the molecule is CC(NC(=O)C1CC1C)c1ccc(OC(F)F)cc1. The van der Waals surface area contributed by atoms with Gasteiger partial charge in [0.25, 0.3) is 0 Å². The molecule has 3 nitrogen and oxygen atoms in total. The van der Waals surface area contributed by atoms with Crippen molar-refractivity contribution in [3.63, 3.8) is 0 Å². The number of carbonyl (C=O) groups excluding carboxylic acids is 1. The van der Waals surface area contributed by atoms with E-state index in [0.29, 0.717) is 5.92 Å². The Morgan fingerprint density at radius 1 is 1.37 bits per heavy atom. The molecule has 2 rings (SSSR count). The highest BCUT2D eigenvalue weighted by Crippen LogP contribution is 2.38. The van der Waals surface area contributed by atoms with Gasteiger partial charge in [0.2, 0.25) is 5.91 Å². The van der Waals surface area contributed by atoms with Crippen LogP contribution in [-0.2, 0) is 4.79 Å². The van der Waals surface area contributed by atoms with Crippen molar-refractivity contribution in [3.05, 3.63) is 29.8 Å². The van der Waals surface area contributed by atoms with Crippen LogP contribution in [0.3, 0.4) is 0 Å². The molecule has 0 radical (unpaired) electrons. The molecule has 1 aliphatic carbocycles. The highest BCUT2D eigenvalue weighted by molar-refractivity contribution is 5.81. The second-order valence-electron chi connectivity index (χ2n) is 5.00. The number of amides is 1. The molecule has 3 atom stereocenters. The van der Waals surface area contributed by atoms with E-state index >= 15 is 0 Å². The predicted molar refractivity (Wildman–Crippen MR) is 66.9 cm³/mol. The van der Waals surface area contributed by atoms with Gasteiger partial charge in [-0.25, -0.2) is 0 Å². The average molecular weight is 269 g/mol. The van der Waals surface area contributed by atoms with Gasteiger partial charge in [-0.2, -0.15) is 8.78 Å². The summed E-state index contributed by atoms with van der Waals surface area (Å²) in [5, 5.41) is 2.92. The maximum Gasteiger partial charge on any atom is 0.387 e. The van der Waals surface area contributed by atoms with Gasteiger partial charge >= 0.3 is 6.61 Å². The Balaban J connectivity index is 1.91. The first-order valence-corrected chi connectivity index (χ1v) is 6.32. The van der Waals surface area contributed by atoms with E-state index in [9.17, 15) is 13.6 Å². The molecule has 1 fully saturated rings. The van der Waals surface area contributed by atoms with Crippen molar-refractivity contribution in [1.82, 2.24) is 5.32 Å². The molecule has 1 saturated carbocycles. The molecule has 0 aromatic heterocycles. The van der Waals surface area contributed by atoms with Crippen LogP contribution >= 0.6 is 0 Å². The molecule has 1 aliphatic rings. The molecule has 1 amide bonds. The number of ether oxygens (including phenoxy) is 1. The fraction of sp³-hybridized carbons (Fsp3) is 0.500. The lowest BCUT2D eigenvalue weighted by atomic mass is 10.1. The van der Waals surface area contributed by atoms with Crippen molar-refractivity contribution in [2.24, 2.45) is 11.8 Å². The van der Waals surface area contributed by atoms with E-state index in [1.54, 1.807) is 12.1 Å². The Morgan fingerprint density at radius 2 is 1.95 bits per heavy atom. The molecule has 0 spiro atoms. The summed E-state index contributed by atoms with van der Waals surface area (Å²) < 4.78 is 28.3. The van der Waals surface area contributed by atoms with Crippen LogP contribution in [0.1, 0.15) is 31.9 Å². The van der Waals surface area contributed by atoms with E-state index in [2.05, 4.69) is 10.1 Å². The van der Waals surface area contributed by atoms with Gasteiger partial charge in [0, 0.05) is 5.92 Å². The van der Waals surface area contributed by atoms with Gasteiger partial charge in [-0.15, -0.1) is 0 Å². The third-order valence-electron chi connectivity index (χ3n) is 3.41. The maximum absolute atomic E-state index is 12.0. The second kappa shape index (κ2) is 5.55. The van der Waals surface area contributed by atoms with Crippen LogP contribution in [0.25, 0.3) is 0 Å². The molecule has 0 saturated heterocycles. The summed E-state index contributed by atoms with van der Waals surface area (Å²) in [6.45, 7) is 1.10. The quantitative estimate of drug-likeness (QED) is 0.892. The largest absolute Gasteiger partial charge is 0.435 e. The lowest BCUT2D eigenvalue weighted by molar-refractivity contribution is -0.123. The molecule has 1 aromatic carbocycles. The molecule has 1 aromatic rings. The molecule has 5 heteroatoms. The Labute approximate surface area is 111 Å². The van der Waals surface area contributed by atoms with Crippen LogP contribution < -0.4 is 10.1 Å². The predicted octanol–water partition coefficient (Wildman–Crippen LogP) is 3.12. The van der Waals surface area contributed by atoms with E-state index in [4.69, 9.17) is 0 Å². The summed E-state index contributed by atoms with van der Waals surface area (Å²) in [6.07, 6.45) is 0.944. The van der Waals surface area contributed by atoms with Crippen LogP contribution in [-0.4, -0.2) is 12.5 Å². The molecule has 0 aliphatic heterocycles. The van der Waals surface area contributed by atoms with E-state index in [-0.39, 0.29) is 23.6 Å². The Hall–Kier alpha value is -1.65. The van der Waals surface area contributed by atoms with Gasteiger partial charge in [-0.05, 0) is 37.0 Å². The number of benzene rings is 1. The molecular weight excluding hydrogens is 252 g/mol. The Kier molecular flexibility index (Phi) is 4.02. The normalized spacial score (nSPS) is 23.0. The number of nitrogens with one attached hydrogen (secondary N) is 1. The zero-order chi connectivity index (χ0) is 14.0. The van der Waals surface area contributed by atoms with E-state index in [1.807, 2.05) is 13.8 Å². The van der Waals surface area contributed by atoms with E-state index < -0.39 is 6.61 Å². The summed E-state index contributed by atoms with van der Waals surface area (Å²) in [4.78, 5) is 11.8. The van der Waals surface area contributed by atoms with Gasteiger partial charge in [0.15, 0.2) is 0 Å². The summed E-state index contributed by atoms with van der Waals surface area (Å²) in [5.41, 5.74) is 0.864. The van der Waals surface area contributed by atoms with Gasteiger partial charge < -0.3 is 10.1 Å².